The monoisotopic (exact) mass is 119 g/mol. The van der Waals surface area contributed by atoms with E-state index < -0.39 is 0 Å². The second-order valence-electron chi connectivity index (χ2n) is 2.04. The molecule has 0 amide bonds. The lowest BCUT2D eigenvalue weighted by Crippen LogP contribution is -2.13. The topological polar surface area (TPSA) is 26.0 Å². The molecule has 0 spiro atoms. The van der Waals surface area contributed by atoms with E-state index in [0.717, 1.165) is 0 Å². The van der Waals surface area contributed by atoms with Crippen LogP contribution in [0.15, 0.2) is 0 Å². The van der Waals surface area contributed by atoms with Gasteiger partial charge in [-0.1, -0.05) is 12.8 Å². The Morgan fingerprint density at radius 2 is 1.57 bits per heavy atom. The number of hydrogen-bond acceptors (Lipinski definition) is 1. The summed E-state index contributed by atoms with van der Waals surface area (Å²) >= 11 is 0. The van der Waals surface area contributed by atoms with Crippen LogP contribution in [-0.2, 0) is 0 Å². The molecule has 0 atom stereocenters. The van der Waals surface area contributed by atoms with Crippen molar-refractivity contribution >= 4 is 13.5 Å². The maximum absolute atomic E-state index is 5.53. The van der Waals surface area contributed by atoms with Gasteiger partial charge in [0.2, 0.25) is 0 Å². The third-order valence-electron chi connectivity index (χ3n) is 1.40. The van der Waals surface area contributed by atoms with Gasteiger partial charge in [-0.3, -0.25) is 0 Å². The molecule has 1 nitrogen and oxygen atoms in total. The van der Waals surface area contributed by atoms with E-state index in [1.807, 2.05) is 0 Å². The highest BCUT2D eigenvalue weighted by Gasteiger charge is 2.07. The lowest BCUT2D eigenvalue weighted by atomic mass is 10.3. The van der Waals surface area contributed by atoms with Crippen LogP contribution in [0.25, 0.3) is 0 Å². The summed E-state index contributed by atoms with van der Waals surface area (Å²) in [6, 6.07) is 0.546. The smallest absolute Gasteiger partial charge is 0.00388 e. The molecule has 1 aliphatic rings. The molecule has 0 saturated heterocycles. The van der Waals surface area contributed by atoms with Gasteiger partial charge >= 0.3 is 0 Å². The summed E-state index contributed by atoms with van der Waals surface area (Å²) in [5.41, 5.74) is 5.53. The highest BCUT2D eigenvalue weighted by atomic mass is 32.1. The first-order valence-electron chi connectivity index (χ1n) is 2.65. The van der Waals surface area contributed by atoms with E-state index >= 15 is 0 Å². The highest BCUT2D eigenvalue weighted by Crippen LogP contribution is 2.14. The summed E-state index contributed by atoms with van der Waals surface area (Å²) < 4.78 is 0. The van der Waals surface area contributed by atoms with Crippen LogP contribution in [0.1, 0.15) is 25.7 Å². The van der Waals surface area contributed by atoms with Crippen LogP contribution >= 0.6 is 13.5 Å². The molecule has 1 fully saturated rings. The minimum Gasteiger partial charge on any atom is -0.328 e. The molecule has 0 aromatic carbocycles. The van der Waals surface area contributed by atoms with Gasteiger partial charge in [-0.15, -0.1) is 0 Å². The van der Waals surface area contributed by atoms with Gasteiger partial charge in [0.05, 0.1) is 0 Å². The molecular formula is C5H13NS. The van der Waals surface area contributed by atoms with Gasteiger partial charge in [0.25, 0.3) is 0 Å². The van der Waals surface area contributed by atoms with E-state index in [0.29, 0.717) is 6.04 Å². The Morgan fingerprint density at radius 1 is 1.14 bits per heavy atom. The van der Waals surface area contributed by atoms with E-state index in [2.05, 4.69) is 0 Å². The molecule has 1 aliphatic carbocycles. The predicted octanol–water partition coefficient (Wildman–Crippen LogP) is 1.00. The van der Waals surface area contributed by atoms with E-state index in [1.165, 1.54) is 25.7 Å². The van der Waals surface area contributed by atoms with Crippen LogP contribution in [0.5, 0.6) is 0 Å². The maximum Gasteiger partial charge on any atom is 0.00388 e. The van der Waals surface area contributed by atoms with Gasteiger partial charge in [-0.05, 0) is 12.8 Å². The summed E-state index contributed by atoms with van der Waals surface area (Å²) in [6.07, 6.45) is 5.25. The van der Waals surface area contributed by atoms with Crippen molar-refractivity contribution in [2.45, 2.75) is 31.7 Å². The van der Waals surface area contributed by atoms with Crippen LogP contribution in [0, 0.1) is 0 Å². The van der Waals surface area contributed by atoms with Gasteiger partial charge < -0.3 is 5.73 Å². The number of rotatable bonds is 0. The normalized spacial score (nSPS) is 21.9. The summed E-state index contributed by atoms with van der Waals surface area (Å²) in [6.45, 7) is 0. The average Bonchev–Trinajstić information content (AvgIpc) is 1.86. The van der Waals surface area contributed by atoms with Gasteiger partial charge in [-0.2, -0.15) is 13.5 Å². The Balaban J connectivity index is 0.000000360. The minimum atomic E-state index is 0. The zero-order chi connectivity index (χ0) is 4.41. The Morgan fingerprint density at radius 3 is 1.71 bits per heavy atom. The lowest BCUT2D eigenvalue weighted by Gasteiger charge is -1.92. The third-order valence-corrected chi connectivity index (χ3v) is 1.40. The zero-order valence-electron chi connectivity index (χ0n) is 4.48. The summed E-state index contributed by atoms with van der Waals surface area (Å²) in [7, 11) is 0. The molecule has 2 N–H and O–H groups in total. The second-order valence-corrected chi connectivity index (χ2v) is 2.04. The molecule has 0 radical (unpaired) electrons. The van der Waals surface area contributed by atoms with Gasteiger partial charge in [-0.25, -0.2) is 0 Å². The molecule has 0 aromatic rings. The van der Waals surface area contributed by atoms with Crippen molar-refractivity contribution < 1.29 is 0 Å². The van der Waals surface area contributed by atoms with Crippen molar-refractivity contribution in [3.63, 3.8) is 0 Å². The third kappa shape index (κ3) is 2.19. The molecule has 0 aliphatic heterocycles. The summed E-state index contributed by atoms with van der Waals surface area (Å²) in [5.74, 6) is 0. The van der Waals surface area contributed by atoms with Crippen LogP contribution in [0.4, 0.5) is 0 Å². The standard InChI is InChI=1S/C5H11N.H2S/c6-5-3-1-2-4-5;/h5H,1-4,6H2;1H2. The van der Waals surface area contributed by atoms with E-state index in [-0.39, 0.29) is 13.5 Å². The molecule has 0 aromatic heterocycles. The molecule has 7 heavy (non-hydrogen) atoms. The van der Waals surface area contributed by atoms with Crippen LogP contribution in [0.2, 0.25) is 0 Å². The lowest BCUT2D eigenvalue weighted by molar-refractivity contribution is 0.704. The minimum absolute atomic E-state index is 0. The first kappa shape index (κ1) is 7.31. The first-order valence-corrected chi connectivity index (χ1v) is 2.65. The highest BCUT2D eigenvalue weighted by molar-refractivity contribution is 7.59. The Bertz CT molecular complexity index is 41.3. The van der Waals surface area contributed by atoms with Crippen molar-refractivity contribution in [2.75, 3.05) is 0 Å². The number of hydrogen-bond donors (Lipinski definition) is 1. The maximum atomic E-state index is 5.53. The molecule has 1 saturated carbocycles. The fourth-order valence-electron chi connectivity index (χ4n) is 0.957. The van der Waals surface area contributed by atoms with Gasteiger partial charge in [0.1, 0.15) is 0 Å². The van der Waals surface area contributed by atoms with Crippen molar-refractivity contribution in [3.05, 3.63) is 0 Å². The fourth-order valence-corrected chi connectivity index (χ4v) is 0.957. The molecule has 2 heteroatoms. The van der Waals surface area contributed by atoms with E-state index in [4.69, 9.17) is 5.73 Å². The summed E-state index contributed by atoms with van der Waals surface area (Å²) in [4.78, 5) is 0. The van der Waals surface area contributed by atoms with Crippen LogP contribution in [0.3, 0.4) is 0 Å². The average molecular weight is 119 g/mol. The quantitative estimate of drug-likeness (QED) is 0.506. The van der Waals surface area contributed by atoms with Crippen molar-refractivity contribution in [2.24, 2.45) is 5.73 Å². The molecular weight excluding hydrogens is 106 g/mol. The predicted molar refractivity (Wildman–Crippen MR) is 36.8 cm³/mol. The Kier molecular flexibility index (Phi) is 3.48. The molecule has 0 bridgehead atoms. The molecule has 0 heterocycles. The van der Waals surface area contributed by atoms with Gasteiger partial charge in [0.15, 0.2) is 0 Å². The molecule has 0 unspecified atom stereocenters. The van der Waals surface area contributed by atoms with Gasteiger partial charge in [0, 0.05) is 6.04 Å². The fraction of sp³-hybridized carbons (Fsp3) is 1.00. The molecule has 44 valence electrons. The largest absolute Gasteiger partial charge is 0.328 e. The second kappa shape index (κ2) is 3.33. The molecule has 1 rings (SSSR count). The number of nitrogens with two attached hydrogens (primary N) is 1. The first-order chi connectivity index (χ1) is 2.89. The van der Waals surface area contributed by atoms with E-state index in [1.54, 1.807) is 0 Å². The SMILES string of the molecule is NC1CCCC1.S. The Hall–Kier alpha value is 0.310. The van der Waals surface area contributed by atoms with Crippen molar-refractivity contribution in [1.82, 2.24) is 0 Å². The zero-order valence-corrected chi connectivity index (χ0v) is 5.48. The summed E-state index contributed by atoms with van der Waals surface area (Å²) in [5, 5.41) is 0. The van der Waals surface area contributed by atoms with Crippen LogP contribution in [-0.4, -0.2) is 6.04 Å². The van der Waals surface area contributed by atoms with Crippen molar-refractivity contribution in [3.8, 4) is 0 Å². The van der Waals surface area contributed by atoms with Crippen LogP contribution < -0.4 is 5.73 Å². The van der Waals surface area contributed by atoms with E-state index in [9.17, 15) is 0 Å². The Labute approximate surface area is 51.7 Å². The van der Waals surface area contributed by atoms with Crippen molar-refractivity contribution in [1.29, 1.82) is 0 Å².